The smallest absolute Gasteiger partial charge is 0.264 e. The topological polar surface area (TPSA) is 71.5 Å². The molecule has 1 aliphatic heterocycles. The van der Waals surface area contributed by atoms with Crippen LogP contribution in [-0.4, -0.2) is 26.0 Å². The molecule has 156 valence electrons. The van der Waals surface area contributed by atoms with Crippen molar-refractivity contribution in [2.45, 2.75) is 30.2 Å². The van der Waals surface area contributed by atoms with Crippen LogP contribution in [0.15, 0.2) is 83.8 Å². The number of nitrogens with zero attached hydrogens (tertiary/aromatic N) is 1. The monoisotopic (exact) mass is 431 g/mol. The third kappa shape index (κ3) is 3.01. The summed E-state index contributed by atoms with van der Waals surface area (Å²) < 4.78 is 28.6. The van der Waals surface area contributed by atoms with Gasteiger partial charge in [-0.1, -0.05) is 66.2 Å². The fraction of sp³-hybridized carbons (Fsp3) is 0.200. The van der Waals surface area contributed by atoms with E-state index in [1.807, 2.05) is 25.1 Å². The number of anilines is 1. The highest BCUT2D eigenvalue weighted by molar-refractivity contribution is 7.93. The first kappa shape index (κ1) is 19.7. The molecule has 0 aromatic heterocycles. The van der Waals surface area contributed by atoms with Crippen LogP contribution in [0.4, 0.5) is 5.69 Å². The van der Waals surface area contributed by atoms with Gasteiger partial charge in [0.15, 0.2) is 5.78 Å². The van der Waals surface area contributed by atoms with Gasteiger partial charge >= 0.3 is 0 Å². The molecule has 0 amide bonds. The van der Waals surface area contributed by atoms with Crippen molar-refractivity contribution in [3.8, 4) is 0 Å². The van der Waals surface area contributed by atoms with E-state index >= 15 is 0 Å². The molecular weight excluding hydrogens is 410 g/mol. The first-order valence-electron chi connectivity index (χ1n) is 10.2. The first-order chi connectivity index (χ1) is 14.9. The second kappa shape index (κ2) is 7.17. The average molecular weight is 432 g/mol. The predicted molar refractivity (Wildman–Crippen MR) is 118 cm³/mol. The van der Waals surface area contributed by atoms with Crippen molar-refractivity contribution >= 4 is 27.3 Å². The van der Waals surface area contributed by atoms with Crippen LogP contribution < -0.4 is 4.31 Å². The van der Waals surface area contributed by atoms with Gasteiger partial charge in [-0.3, -0.25) is 13.9 Å². The van der Waals surface area contributed by atoms with Crippen molar-refractivity contribution in [1.82, 2.24) is 0 Å². The van der Waals surface area contributed by atoms with E-state index in [-0.39, 0.29) is 22.9 Å². The van der Waals surface area contributed by atoms with E-state index in [1.165, 1.54) is 4.31 Å². The van der Waals surface area contributed by atoms with Crippen molar-refractivity contribution in [2.24, 2.45) is 5.92 Å². The average Bonchev–Trinajstić information content (AvgIpc) is 3.10. The summed E-state index contributed by atoms with van der Waals surface area (Å²) in [6, 6.07) is 22.1. The number of benzene rings is 3. The number of para-hydroxylation sites is 1. The van der Waals surface area contributed by atoms with Gasteiger partial charge in [-0.2, -0.15) is 0 Å². The molecule has 0 spiro atoms. The molecule has 0 radical (unpaired) electrons. The molecule has 5 rings (SSSR count). The summed E-state index contributed by atoms with van der Waals surface area (Å²) in [7, 11) is -3.89. The zero-order valence-corrected chi connectivity index (χ0v) is 17.7. The standard InChI is InChI=1S/C25H21NO4S/c1-16-11-13-18(14-12-16)31(29,30)26-21-10-6-5-9-19(21)23-24(26)20(25(23)28)15-22(27)17-7-3-2-4-8-17/h2-14,20,23-24H,15H2,1H3/t20-,23-,24-/m1/s1. The summed E-state index contributed by atoms with van der Waals surface area (Å²) in [6.45, 7) is 1.90. The summed E-state index contributed by atoms with van der Waals surface area (Å²) >= 11 is 0. The summed E-state index contributed by atoms with van der Waals surface area (Å²) in [5.41, 5.74) is 2.74. The Bertz CT molecular complexity index is 1280. The summed E-state index contributed by atoms with van der Waals surface area (Å²) in [6.07, 6.45) is -0.00206. The number of aryl methyl sites for hydroxylation is 1. The van der Waals surface area contributed by atoms with Crippen LogP contribution in [0.25, 0.3) is 0 Å². The van der Waals surface area contributed by atoms with Gasteiger partial charge in [0.2, 0.25) is 0 Å². The zero-order valence-electron chi connectivity index (χ0n) is 16.9. The summed E-state index contributed by atoms with van der Waals surface area (Å²) in [5, 5.41) is 0. The highest BCUT2D eigenvalue weighted by Crippen LogP contribution is 2.55. The fourth-order valence-electron chi connectivity index (χ4n) is 4.71. The van der Waals surface area contributed by atoms with E-state index in [0.717, 1.165) is 11.1 Å². The number of Topliss-reactive ketones (excluding diaryl/α,β-unsaturated/α-hetero) is 2. The Morgan fingerprint density at radius 2 is 1.55 bits per heavy atom. The zero-order chi connectivity index (χ0) is 21.8. The molecule has 31 heavy (non-hydrogen) atoms. The lowest BCUT2D eigenvalue weighted by molar-refractivity contribution is -0.132. The van der Waals surface area contributed by atoms with Crippen molar-refractivity contribution in [1.29, 1.82) is 0 Å². The SMILES string of the molecule is Cc1ccc(S(=O)(=O)N2c3ccccc3[C@H]3C(=O)[C@H](CC(=O)c4ccccc4)[C@H]32)cc1. The molecule has 5 nitrogen and oxygen atoms in total. The van der Waals surface area contributed by atoms with Crippen molar-refractivity contribution < 1.29 is 18.0 Å². The fourth-order valence-corrected chi connectivity index (χ4v) is 6.43. The van der Waals surface area contributed by atoms with Crippen molar-refractivity contribution in [3.05, 3.63) is 95.6 Å². The highest BCUT2D eigenvalue weighted by Gasteiger charge is 2.61. The Kier molecular flexibility index (Phi) is 4.55. The number of hydrogen-bond acceptors (Lipinski definition) is 4. The third-order valence-electron chi connectivity index (χ3n) is 6.28. The Morgan fingerprint density at radius 3 is 2.26 bits per heavy atom. The molecule has 1 fully saturated rings. The number of carbonyl (C=O) groups is 2. The van der Waals surface area contributed by atoms with Crippen molar-refractivity contribution in [3.63, 3.8) is 0 Å². The lowest BCUT2D eigenvalue weighted by atomic mass is 9.65. The molecule has 6 heteroatoms. The molecule has 1 saturated carbocycles. The Balaban J connectivity index is 1.54. The third-order valence-corrected chi connectivity index (χ3v) is 8.11. The lowest BCUT2D eigenvalue weighted by Gasteiger charge is -2.42. The van der Waals surface area contributed by atoms with Gasteiger partial charge in [-0.05, 0) is 30.7 Å². The van der Waals surface area contributed by atoms with E-state index < -0.39 is 27.9 Å². The summed E-state index contributed by atoms with van der Waals surface area (Å²) in [5.74, 6) is -1.40. The molecule has 0 N–H and O–H groups in total. The number of hydrogen-bond donors (Lipinski definition) is 0. The van der Waals surface area contributed by atoms with Crippen LogP contribution in [-0.2, 0) is 14.8 Å². The van der Waals surface area contributed by atoms with E-state index in [4.69, 9.17) is 0 Å². The minimum Gasteiger partial charge on any atom is -0.299 e. The van der Waals surface area contributed by atoms with Gasteiger partial charge < -0.3 is 0 Å². The maximum atomic E-state index is 13.6. The number of fused-ring (bicyclic) bond motifs is 3. The van der Waals surface area contributed by atoms with Crippen LogP contribution in [0.2, 0.25) is 0 Å². The van der Waals surface area contributed by atoms with Crippen LogP contribution in [0, 0.1) is 12.8 Å². The molecular formula is C25H21NO4S. The molecule has 3 aromatic carbocycles. The van der Waals surface area contributed by atoms with Crippen LogP contribution in [0.1, 0.15) is 33.8 Å². The molecule has 1 aliphatic carbocycles. The first-order valence-corrected chi connectivity index (χ1v) is 11.7. The Hall–Kier alpha value is -3.25. The maximum Gasteiger partial charge on any atom is 0.264 e. The summed E-state index contributed by atoms with van der Waals surface area (Å²) in [4.78, 5) is 26.0. The second-order valence-electron chi connectivity index (χ2n) is 8.14. The second-order valence-corrected chi connectivity index (χ2v) is 9.96. The molecule has 0 unspecified atom stereocenters. The number of ketones is 2. The Labute approximate surface area is 181 Å². The molecule has 0 bridgehead atoms. The number of carbonyl (C=O) groups excluding carboxylic acids is 2. The van der Waals surface area contributed by atoms with Crippen LogP contribution in [0.5, 0.6) is 0 Å². The van der Waals surface area contributed by atoms with E-state index in [0.29, 0.717) is 11.3 Å². The molecule has 0 saturated heterocycles. The van der Waals surface area contributed by atoms with Crippen LogP contribution in [0.3, 0.4) is 0 Å². The number of rotatable bonds is 5. The quantitative estimate of drug-likeness (QED) is 0.570. The largest absolute Gasteiger partial charge is 0.299 e. The van der Waals surface area contributed by atoms with Gasteiger partial charge in [-0.25, -0.2) is 8.42 Å². The minimum absolute atomic E-state index is 0.00206. The van der Waals surface area contributed by atoms with E-state index in [1.54, 1.807) is 60.7 Å². The Morgan fingerprint density at radius 1 is 0.903 bits per heavy atom. The lowest BCUT2D eigenvalue weighted by Crippen LogP contribution is -2.57. The number of sulfonamides is 1. The van der Waals surface area contributed by atoms with Crippen LogP contribution >= 0.6 is 0 Å². The van der Waals surface area contributed by atoms with E-state index in [2.05, 4.69) is 0 Å². The minimum atomic E-state index is -3.89. The molecule has 3 atom stereocenters. The highest BCUT2D eigenvalue weighted by atomic mass is 32.2. The molecule has 3 aromatic rings. The predicted octanol–water partition coefficient (Wildman–Crippen LogP) is 4.13. The normalized spacial score (nSPS) is 21.9. The maximum absolute atomic E-state index is 13.6. The van der Waals surface area contributed by atoms with Gasteiger partial charge in [0, 0.05) is 17.9 Å². The van der Waals surface area contributed by atoms with Crippen molar-refractivity contribution in [2.75, 3.05) is 4.31 Å². The van der Waals surface area contributed by atoms with E-state index in [9.17, 15) is 18.0 Å². The van der Waals surface area contributed by atoms with Gasteiger partial charge in [0.1, 0.15) is 5.78 Å². The molecule has 2 aliphatic rings. The van der Waals surface area contributed by atoms with Gasteiger partial charge in [0.25, 0.3) is 10.0 Å². The van der Waals surface area contributed by atoms with Gasteiger partial charge in [-0.15, -0.1) is 0 Å². The van der Waals surface area contributed by atoms with Gasteiger partial charge in [0.05, 0.1) is 22.5 Å². The molecule has 1 heterocycles.